The van der Waals surface area contributed by atoms with Gasteiger partial charge in [0.15, 0.2) is 0 Å². The summed E-state index contributed by atoms with van der Waals surface area (Å²) < 4.78 is 0. The Morgan fingerprint density at radius 2 is 1.79 bits per heavy atom. The zero-order valence-corrected chi connectivity index (χ0v) is 10.3. The second-order valence-electron chi connectivity index (χ2n) is 2.88. The van der Waals surface area contributed by atoms with E-state index in [4.69, 9.17) is 23.2 Å². The maximum Gasteiger partial charge on any atom is 0.0465 e. The minimum absolute atomic E-state index is 0. The molecule has 1 aromatic carbocycles. The van der Waals surface area contributed by atoms with Crippen molar-refractivity contribution in [3.05, 3.63) is 33.8 Å². The molecule has 0 aliphatic rings. The Morgan fingerprint density at radius 1 is 1.21 bits per heavy atom. The topological polar surface area (TPSA) is 12.0 Å². The molecule has 0 heterocycles. The second kappa shape index (κ2) is 7.36. The summed E-state index contributed by atoms with van der Waals surface area (Å²) >= 11 is 12.0. The average Bonchev–Trinajstić information content (AvgIpc) is 2.10. The second-order valence-corrected chi connectivity index (χ2v) is 3.69. The molecule has 80 valence electrons. The molecule has 4 heteroatoms. The summed E-state index contributed by atoms with van der Waals surface area (Å²) in [4.78, 5) is 0. The molecule has 0 fully saturated rings. The van der Waals surface area contributed by atoms with Crippen LogP contribution in [-0.4, -0.2) is 6.54 Å². The van der Waals surface area contributed by atoms with E-state index in [-0.39, 0.29) is 12.4 Å². The van der Waals surface area contributed by atoms with Crippen molar-refractivity contribution >= 4 is 35.6 Å². The van der Waals surface area contributed by atoms with E-state index in [9.17, 15) is 0 Å². The number of rotatable bonds is 4. The molecular weight excluding hydrogens is 240 g/mol. The molecule has 0 radical (unpaired) electrons. The standard InChI is InChI=1S/C10H13Cl2N.ClH/c1-2-6-13-7-8-9(11)4-3-5-10(8)12;/h3-5,13H,2,6-7H2,1H3;1H. The summed E-state index contributed by atoms with van der Waals surface area (Å²) in [5.74, 6) is 0. The molecule has 1 nitrogen and oxygen atoms in total. The molecule has 14 heavy (non-hydrogen) atoms. The highest BCUT2D eigenvalue weighted by atomic mass is 35.5. The van der Waals surface area contributed by atoms with Gasteiger partial charge in [-0.25, -0.2) is 0 Å². The van der Waals surface area contributed by atoms with E-state index in [1.807, 2.05) is 18.2 Å². The third-order valence-electron chi connectivity index (χ3n) is 1.79. The monoisotopic (exact) mass is 253 g/mol. The molecule has 0 unspecified atom stereocenters. The van der Waals surface area contributed by atoms with Crippen molar-refractivity contribution in [2.75, 3.05) is 6.54 Å². The largest absolute Gasteiger partial charge is 0.313 e. The van der Waals surface area contributed by atoms with Crippen LogP contribution >= 0.6 is 35.6 Å². The van der Waals surface area contributed by atoms with Crippen LogP contribution in [-0.2, 0) is 6.54 Å². The number of hydrogen-bond acceptors (Lipinski definition) is 1. The molecule has 0 saturated carbocycles. The van der Waals surface area contributed by atoms with Gasteiger partial charge in [0.2, 0.25) is 0 Å². The molecule has 1 rings (SSSR count). The maximum absolute atomic E-state index is 5.98. The molecule has 0 spiro atoms. The normalized spacial score (nSPS) is 9.64. The van der Waals surface area contributed by atoms with Crippen LogP contribution < -0.4 is 5.32 Å². The van der Waals surface area contributed by atoms with Crippen LogP contribution in [0.1, 0.15) is 18.9 Å². The molecule has 0 aliphatic heterocycles. The Bertz CT molecular complexity index is 256. The van der Waals surface area contributed by atoms with Crippen LogP contribution in [0.25, 0.3) is 0 Å². The first-order valence-electron chi connectivity index (χ1n) is 4.39. The zero-order chi connectivity index (χ0) is 9.68. The highest BCUT2D eigenvalue weighted by molar-refractivity contribution is 6.35. The van der Waals surface area contributed by atoms with Gasteiger partial charge in [0.25, 0.3) is 0 Å². The lowest BCUT2D eigenvalue weighted by molar-refractivity contribution is 0.676. The van der Waals surface area contributed by atoms with Gasteiger partial charge in [-0.05, 0) is 25.1 Å². The van der Waals surface area contributed by atoms with Gasteiger partial charge >= 0.3 is 0 Å². The van der Waals surface area contributed by atoms with Crippen molar-refractivity contribution in [3.63, 3.8) is 0 Å². The van der Waals surface area contributed by atoms with Crippen LogP contribution in [0, 0.1) is 0 Å². The summed E-state index contributed by atoms with van der Waals surface area (Å²) in [6.45, 7) is 3.86. The first-order valence-corrected chi connectivity index (χ1v) is 5.15. The van der Waals surface area contributed by atoms with Gasteiger partial charge in [0.05, 0.1) is 0 Å². The zero-order valence-electron chi connectivity index (χ0n) is 8.02. The van der Waals surface area contributed by atoms with Crippen molar-refractivity contribution in [2.45, 2.75) is 19.9 Å². The van der Waals surface area contributed by atoms with E-state index in [1.165, 1.54) is 0 Å². The van der Waals surface area contributed by atoms with Gasteiger partial charge in [0.1, 0.15) is 0 Å². The first kappa shape index (κ1) is 14.1. The average molecular weight is 255 g/mol. The van der Waals surface area contributed by atoms with E-state index in [0.717, 1.165) is 35.1 Å². The van der Waals surface area contributed by atoms with Crippen LogP contribution in [0.2, 0.25) is 10.0 Å². The Morgan fingerprint density at radius 3 is 2.29 bits per heavy atom. The first-order chi connectivity index (χ1) is 6.25. The fourth-order valence-corrected chi connectivity index (χ4v) is 1.62. The predicted octanol–water partition coefficient (Wildman–Crippen LogP) is 3.91. The van der Waals surface area contributed by atoms with Crippen molar-refractivity contribution in [1.82, 2.24) is 5.32 Å². The minimum Gasteiger partial charge on any atom is -0.313 e. The van der Waals surface area contributed by atoms with E-state index < -0.39 is 0 Å². The van der Waals surface area contributed by atoms with E-state index in [2.05, 4.69) is 12.2 Å². The summed E-state index contributed by atoms with van der Waals surface area (Å²) in [6, 6.07) is 5.57. The van der Waals surface area contributed by atoms with Gasteiger partial charge in [-0.1, -0.05) is 36.2 Å². The highest BCUT2D eigenvalue weighted by Crippen LogP contribution is 2.23. The molecule has 0 amide bonds. The third-order valence-corrected chi connectivity index (χ3v) is 2.50. The smallest absolute Gasteiger partial charge is 0.0465 e. The molecule has 1 aromatic rings. The SMILES string of the molecule is CCCNCc1c(Cl)cccc1Cl.Cl. The lowest BCUT2D eigenvalue weighted by Crippen LogP contribution is -2.14. The molecular formula is C10H14Cl3N. The third kappa shape index (κ3) is 4.05. The highest BCUT2D eigenvalue weighted by Gasteiger charge is 2.03. The van der Waals surface area contributed by atoms with Gasteiger partial charge in [-0.2, -0.15) is 0 Å². The Balaban J connectivity index is 0.00000169. The quantitative estimate of drug-likeness (QED) is 0.803. The van der Waals surface area contributed by atoms with Crippen LogP contribution in [0.5, 0.6) is 0 Å². The molecule has 1 N–H and O–H groups in total. The van der Waals surface area contributed by atoms with Gasteiger partial charge in [-0.15, -0.1) is 12.4 Å². The summed E-state index contributed by atoms with van der Waals surface area (Å²) in [7, 11) is 0. The van der Waals surface area contributed by atoms with Crippen LogP contribution in [0.3, 0.4) is 0 Å². The number of benzene rings is 1. The van der Waals surface area contributed by atoms with Gasteiger partial charge in [0, 0.05) is 22.2 Å². The molecule has 0 aliphatic carbocycles. The van der Waals surface area contributed by atoms with Crippen LogP contribution in [0.15, 0.2) is 18.2 Å². The number of nitrogens with one attached hydrogen (secondary N) is 1. The molecule has 0 bridgehead atoms. The summed E-state index contributed by atoms with van der Waals surface area (Å²) in [6.07, 6.45) is 1.11. The molecule has 0 saturated heterocycles. The van der Waals surface area contributed by atoms with Crippen molar-refractivity contribution < 1.29 is 0 Å². The van der Waals surface area contributed by atoms with Crippen molar-refractivity contribution in [3.8, 4) is 0 Å². The summed E-state index contributed by atoms with van der Waals surface area (Å²) in [5, 5.41) is 4.73. The van der Waals surface area contributed by atoms with Crippen molar-refractivity contribution in [2.24, 2.45) is 0 Å². The van der Waals surface area contributed by atoms with Crippen molar-refractivity contribution in [1.29, 1.82) is 0 Å². The van der Waals surface area contributed by atoms with Gasteiger partial charge in [-0.3, -0.25) is 0 Å². The Hall–Kier alpha value is 0.0500. The number of hydrogen-bond donors (Lipinski definition) is 1. The lowest BCUT2D eigenvalue weighted by Gasteiger charge is -2.07. The fraction of sp³-hybridized carbons (Fsp3) is 0.400. The summed E-state index contributed by atoms with van der Waals surface area (Å²) in [5.41, 5.74) is 0.985. The Kier molecular flexibility index (Phi) is 7.38. The fourth-order valence-electron chi connectivity index (χ4n) is 1.09. The maximum atomic E-state index is 5.98. The predicted molar refractivity (Wildman–Crippen MR) is 65.7 cm³/mol. The Labute approximate surface area is 101 Å². The van der Waals surface area contributed by atoms with Gasteiger partial charge < -0.3 is 5.32 Å². The molecule has 0 atom stereocenters. The van der Waals surface area contributed by atoms with E-state index in [0.29, 0.717) is 0 Å². The number of halogens is 3. The molecule has 0 aromatic heterocycles. The van der Waals surface area contributed by atoms with E-state index in [1.54, 1.807) is 0 Å². The van der Waals surface area contributed by atoms with Crippen LogP contribution in [0.4, 0.5) is 0 Å². The minimum atomic E-state index is 0. The lowest BCUT2D eigenvalue weighted by atomic mass is 10.2. The van der Waals surface area contributed by atoms with E-state index >= 15 is 0 Å².